The molecular formula is C12H22. The van der Waals surface area contributed by atoms with Crippen LogP contribution in [0.4, 0.5) is 0 Å². The van der Waals surface area contributed by atoms with Gasteiger partial charge in [-0.25, -0.2) is 0 Å². The van der Waals surface area contributed by atoms with E-state index in [0.717, 1.165) is 6.42 Å². The van der Waals surface area contributed by atoms with Crippen molar-refractivity contribution in [2.24, 2.45) is 17.3 Å². The molecule has 0 aromatic carbocycles. The second-order valence-corrected chi connectivity index (χ2v) is 3.95. The lowest BCUT2D eigenvalue weighted by molar-refractivity contribution is 0.220. The molecule has 3 unspecified atom stereocenters. The summed E-state index contributed by atoms with van der Waals surface area (Å²) in [5.74, 6) is 1.19. The van der Waals surface area contributed by atoms with Gasteiger partial charge in [0, 0.05) is 0 Å². The third kappa shape index (κ3) is 2.23. The standard InChI is InChI=1S/C12H22/c1-7-10(4)11(5)12(6,8-2)9-3/h7-8,10-11H,1-2,9H2,3-6H3. The smallest absolute Gasteiger partial charge is 0.0121 e. The van der Waals surface area contributed by atoms with Crippen LogP contribution in [0.1, 0.15) is 34.1 Å². The van der Waals surface area contributed by atoms with Gasteiger partial charge in [-0.05, 0) is 23.7 Å². The fourth-order valence-corrected chi connectivity index (χ4v) is 1.46. The molecule has 0 fully saturated rings. The van der Waals surface area contributed by atoms with Gasteiger partial charge in [-0.2, -0.15) is 0 Å². The first kappa shape index (κ1) is 11.5. The molecule has 0 aliphatic rings. The monoisotopic (exact) mass is 166 g/mol. The molecule has 3 atom stereocenters. The molecule has 12 heavy (non-hydrogen) atoms. The first-order valence-corrected chi connectivity index (χ1v) is 4.78. The summed E-state index contributed by atoms with van der Waals surface area (Å²) in [6.45, 7) is 16.7. The highest BCUT2D eigenvalue weighted by atomic mass is 14.3. The summed E-state index contributed by atoms with van der Waals surface area (Å²) in [6.07, 6.45) is 5.26. The number of rotatable bonds is 5. The van der Waals surface area contributed by atoms with Crippen molar-refractivity contribution in [2.75, 3.05) is 0 Å². The molecule has 0 nitrogen and oxygen atoms in total. The van der Waals surface area contributed by atoms with E-state index in [9.17, 15) is 0 Å². The van der Waals surface area contributed by atoms with Crippen LogP contribution >= 0.6 is 0 Å². The summed E-state index contributed by atoms with van der Waals surface area (Å²) in [7, 11) is 0. The lowest BCUT2D eigenvalue weighted by atomic mass is 9.70. The van der Waals surface area contributed by atoms with Gasteiger partial charge in [0.05, 0.1) is 0 Å². The van der Waals surface area contributed by atoms with Crippen molar-refractivity contribution >= 4 is 0 Å². The lowest BCUT2D eigenvalue weighted by Crippen LogP contribution is -2.26. The van der Waals surface area contributed by atoms with Gasteiger partial charge < -0.3 is 0 Å². The van der Waals surface area contributed by atoms with E-state index in [1.165, 1.54) is 0 Å². The largest absolute Gasteiger partial charge is 0.103 e. The van der Waals surface area contributed by atoms with E-state index in [1.807, 2.05) is 6.08 Å². The maximum Gasteiger partial charge on any atom is -0.0121 e. The predicted octanol–water partition coefficient (Wildman–Crippen LogP) is 4.05. The van der Waals surface area contributed by atoms with Crippen LogP contribution in [0.3, 0.4) is 0 Å². The van der Waals surface area contributed by atoms with Crippen LogP contribution in [0.15, 0.2) is 25.3 Å². The maximum atomic E-state index is 3.91. The van der Waals surface area contributed by atoms with Gasteiger partial charge in [-0.3, -0.25) is 0 Å². The Kier molecular flexibility index (Phi) is 4.30. The average molecular weight is 166 g/mol. The zero-order valence-electron chi connectivity index (χ0n) is 8.93. The fourth-order valence-electron chi connectivity index (χ4n) is 1.46. The highest BCUT2D eigenvalue weighted by Gasteiger charge is 2.28. The van der Waals surface area contributed by atoms with Gasteiger partial charge in [0.1, 0.15) is 0 Å². The van der Waals surface area contributed by atoms with Gasteiger partial charge >= 0.3 is 0 Å². The third-order valence-electron chi connectivity index (χ3n) is 3.43. The van der Waals surface area contributed by atoms with Gasteiger partial charge in [0.15, 0.2) is 0 Å². The highest BCUT2D eigenvalue weighted by molar-refractivity contribution is 4.98. The van der Waals surface area contributed by atoms with Crippen LogP contribution in [0.5, 0.6) is 0 Å². The van der Waals surface area contributed by atoms with Gasteiger partial charge in [0.2, 0.25) is 0 Å². The Morgan fingerprint density at radius 1 is 1.33 bits per heavy atom. The first-order valence-electron chi connectivity index (χ1n) is 4.78. The van der Waals surface area contributed by atoms with Crippen molar-refractivity contribution in [1.29, 1.82) is 0 Å². The molecule has 0 rings (SSSR count). The van der Waals surface area contributed by atoms with E-state index in [0.29, 0.717) is 11.8 Å². The van der Waals surface area contributed by atoms with Crippen LogP contribution < -0.4 is 0 Å². The average Bonchev–Trinajstić information content (AvgIpc) is 2.14. The van der Waals surface area contributed by atoms with Crippen molar-refractivity contribution in [3.63, 3.8) is 0 Å². The molecule has 0 radical (unpaired) electrons. The topological polar surface area (TPSA) is 0 Å². The van der Waals surface area contributed by atoms with Crippen LogP contribution in [-0.4, -0.2) is 0 Å². The maximum absolute atomic E-state index is 3.91. The Hall–Kier alpha value is -0.520. The zero-order chi connectivity index (χ0) is 9.78. The molecular weight excluding hydrogens is 144 g/mol. The Morgan fingerprint density at radius 3 is 2.08 bits per heavy atom. The normalized spacial score (nSPS) is 20.7. The molecule has 0 bridgehead atoms. The van der Waals surface area contributed by atoms with Crippen molar-refractivity contribution in [2.45, 2.75) is 34.1 Å². The number of allylic oxidation sites excluding steroid dienone is 2. The van der Waals surface area contributed by atoms with Gasteiger partial charge in [0.25, 0.3) is 0 Å². The van der Waals surface area contributed by atoms with Crippen molar-refractivity contribution in [1.82, 2.24) is 0 Å². The molecule has 0 heterocycles. The Labute approximate surface area is 77.4 Å². The molecule has 0 spiro atoms. The van der Waals surface area contributed by atoms with Gasteiger partial charge in [-0.1, -0.05) is 39.8 Å². The Bertz CT molecular complexity index is 157. The van der Waals surface area contributed by atoms with Crippen LogP contribution in [0, 0.1) is 17.3 Å². The molecule has 0 N–H and O–H groups in total. The minimum Gasteiger partial charge on any atom is -0.103 e. The molecule has 70 valence electrons. The van der Waals surface area contributed by atoms with E-state index in [1.54, 1.807) is 0 Å². The molecule has 0 heteroatoms. The summed E-state index contributed by atoms with van der Waals surface area (Å²) in [6, 6.07) is 0. The molecule has 0 aromatic heterocycles. The SMILES string of the molecule is C=CC(C)C(C)C(C)(C=C)CC. The minimum atomic E-state index is 0.258. The Balaban J connectivity index is 4.50. The van der Waals surface area contributed by atoms with Crippen LogP contribution in [0.2, 0.25) is 0 Å². The van der Waals surface area contributed by atoms with Crippen molar-refractivity contribution < 1.29 is 0 Å². The molecule has 0 aliphatic heterocycles. The van der Waals surface area contributed by atoms with Crippen LogP contribution in [0.25, 0.3) is 0 Å². The molecule has 0 saturated heterocycles. The van der Waals surface area contributed by atoms with E-state index in [-0.39, 0.29) is 5.41 Å². The zero-order valence-corrected chi connectivity index (χ0v) is 8.93. The molecule has 0 saturated carbocycles. The van der Waals surface area contributed by atoms with E-state index >= 15 is 0 Å². The molecule has 0 aliphatic carbocycles. The van der Waals surface area contributed by atoms with Crippen molar-refractivity contribution in [3.8, 4) is 0 Å². The minimum absolute atomic E-state index is 0.258. The van der Waals surface area contributed by atoms with Gasteiger partial charge in [-0.15, -0.1) is 13.2 Å². The lowest BCUT2D eigenvalue weighted by Gasteiger charge is -2.34. The van der Waals surface area contributed by atoms with Crippen molar-refractivity contribution in [3.05, 3.63) is 25.3 Å². The second-order valence-electron chi connectivity index (χ2n) is 3.95. The summed E-state index contributed by atoms with van der Waals surface area (Å²) >= 11 is 0. The summed E-state index contributed by atoms with van der Waals surface area (Å²) in [5, 5.41) is 0. The number of hydrogen-bond donors (Lipinski definition) is 0. The Morgan fingerprint density at radius 2 is 1.83 bits per heavy atom. The third-order valence-corrected chi connectivity index (χ3v) is 3.43. The van der Waals surface area contributed by atoms with E-state index < -0.39 is 0 Å². The molecule has 0 aromatic rings. The van der Waals surface area contributed by atoms with E-state index in [4.69, 9.17) is 0 Å². The summed E-state index contributed by atoms with van der Waals surface area (Å²) in [5.41, 5.74) is 0.258. The number of hydrogen-bond acceptors (Lipinski definition) is 0. The summed E-state index contributed by atoms with van der Waals surface area (Å²) in [4.78, 5) is 0. The molecule has 0 amide bonds. The first-order chi connectivity index (χ1) is 5.51. The fraction of sp³-hybridized carbons (Fsp3) is 0.667. The van der Waals surface area contributed by atoms with Crippen LogP contribution in [-0.2, 0) is 0 Å². The predicted molar refractivity (Wildman–Crippen MR) is 57.1 cm³/mol. The second kappa shape index (κ2) is 4.49. The van der Waals surface area contributed by atoms with E-state index in [2.05, 4.69) is 46.9 Å². The summed E-state index contributed by atoms with van der Waals surface area (Å²) < 4.78 is 0. The quantitative estimate of drug-likeness (QED) is 0.541. The highest BCUT2D eigenvalue weighted by Crippen LogP contribution is 2.37.